The molecule has 0 aliphatic carbocycles. The average Bonchev–Trinajstić information content (AvgIpc) is 2.81. The van der Waals surface area contributed by atoms with Crippen LogP contribution in [-0.4, -0.2) is 60.6 Å². The van der Waals surface area contributed by atoms with Crippen LogP contribution in [-0.2, 0) is 16.1 Å². The highest BCUT2D eigenvalue weighted by molar-refractivity contribution is 5.97. The third-order valence-corrected chi connectivity index (χ3v) is 4.88. The first-order chi connectivity index (χ1) is 16.7. The summed E-state index contributed by atoms with van der Waals surface area (Å²) in [6, 6.07) is 4.97. The van der Waals surface area contributed by atoms with E-state index in [1.54, 1.807) is 17.0 Å². The number of carbonyl (C=O) groups is 3. The first-order valence-corrected chi connectivity index (χ1v) is 10.3. The van der Waals surface area contributed by atoms with Gasteiger partial charge < -0.3 is 31.9 Å². The fraction of sp³-hybridized carbons (Fsp3) is 0.227. The molecule has 0 radical (unpaired) electrons. The van der Waals surface area contributed by atoms with Gasteiger partial charge in [0.25, 0.3) is 5.91 Å². The second-order valence-electron chi connectivity index (χ2n) is 7.40. The van der Waals surface area contributed by atoms with Gasteiger partial charge in [0.2, 0.25) is 5.95 Å². The highest BCUT2D eigenvalue weighted by atomic mass is 16.4. The Bertz CT molecular complexity index is 1310. The van der Waals surface area contributed by atoms with E-state index in [-0.39, 0.29) is 48.9 Å². The summed E-state index contributed by atoms with van der Waals surface area (Å²) in [7, 11) is 0. The van der Waals surface area contributed by atoms with E-state index in [0.717, 1.165) is 0 Å². The van der Waals surface area contributed by atoms with Gasteiger partial charge in [-0.05, 0) is 30.7 Å². The van der Waals surface area contributed by atoms with Crippen LogP contribution in [0, 0.1) is 12.3 Å². The molecule has 1 aromatic carbocycles. The van der Waals surface area contributed by atoms with Gasteiger partial charge in [0, 0.05) is 17.7 Å². The van der Waals surface area contributed by atoms with Crippen LogP contribution in [0.25, 0.3) is 11.2 Å². The summed E-state index contributed by atoms with van der Waals surface area (Å²) < 4.78 is 0. The molecule has 0 bridgehead atoms. The molecule has 180 valence electrons. The van der Waals surface area contributed by atoms with Crippen LogP contribution in [0.1, 0.15) is 28.9 Å². The number of nitrogens with one attached hydrogen (secondary N) is 1. The molecular weight excluding hydrogens is 456 g/mol. The molecule has 13 nitrogen and oxygen atoms in total. The number of rotatable bonds is 10. The number of fused-ring (bicyclic) bond motifs is 1. The van der Waals surface area contributed by atoms with E-state index in [1.807, 2.05) is 0 Å². The van der Waals surface area contributed by atoms with Crippen molar-refractivity contribution in [3.05, 3.63) is 41.7 Å². The molecule has 0 spiro atoms. The molecule has 1 atom stereocenters. The van der Waals surface area contributed by atoms with Crippen LogP contribution >= 0.6 is 0 Å². The monoisotopic (exact) mass is 478 g/mol. The lowest BCUT2D eigenvalue weighted by Crippen LogP contribution is -2.41. The lowest BCUT2D eigenvalue weighted by atomic mass is 10.1. The third-order valence-electron chi connectivity index (χ3n) is 4.88. The van der Waals surface area contributed by atoms with Crippen molar-refractivity contribution in [2.75, 3.05) is 22.9 Å². The fourth-order valence-electron chi connectivity index (χ4n) is 3.19. The molecule has 0 aliphatic heterocycles. The molecule has 35 heavy (non-hydrogen) atoms. The minimum Gasteiger partial charge on any atom is -0.481 e. The second kappa shape index (κ2) is 10.8. The van der Waals surface area contributed by atoms with Gasteiger partial charge in [-0.3, -0.25) is 9.59 Å². The highest BCUT2D eigenvalue weighted by Gasteiger charge is 2.22. The van der Waals surface area contributed by atoms with Crippen molar-refractivity contribution >= 4 is 46.5 Å². The van der Waals surface area contributed by atoms with Gasteiger partial charge in [0.15, 0.2) is 17.0 Å². The quantitative estimate of drug-likeness (QED) is 0.249. The van der Waals surface area contributed by atoms with Crippen LogP contribution < -0.4 is 21.7 Å². The smallest absolute Gasteiger partial charge is 0.326 e. The number of anilines is 3. The number of aromatic nitrogens is 4. The maximum Gasteiger partial charge on any atom is 0.326 e. The van der Waals surface area contributed by atoms with Crippen LogP contribution in [0.4, 0.5) is 17.5 Å². The van der Waals surface area contributed by atoms with Crippen molar-refractivity contribution in [1.82, 2.24) is 25.3 Å². The molecular formula is C22H22N8O5. The third kappa shape index (κ3) is 6.29. The first kappa shape index (κ1) is 24.6. The van der Waals surface area contributed by atoms with Gasteiger partial charge in [0.1, 0.15) is 6.04 Å². The van der Waals surface area contributed by atoms with E-state index in [0.29, 0.717) is 16.9 Å². The number of amides is 1. The van der Waals surface area contributed by atoms with E-state index in [9.17, 15) is 19.5 Å². The van der Waals surface area contributed by atoms with Gasteiger partial charge >= 0.3 is 11.9 Å². The van der Waals surface area contributed by atoms with Crippen molar-refractivity contribution < 1.29 is 24.6 Å². The normalized spacial score (nSPS) is 11.4. The number of carboxylic acids is 2. The fourth-order valence-corrected chi connectivity index (χ4v) is 3.19. The Morgan fingerprint density at radius 2 is 1.83 bits per heavy atom. The standard InChI is InChI=1S/C22H22N8O5/c1-2-9-30(11-13-10-25-19-17(26-13)18(23)28-22(24)29-19)14-5-3-12(4-6-14)20(33)27-15(21(34)35)7-8-16(31)32/h1,3-6,10,15H,7-9,11H2,(H,27,33)(H,31,32)(H,34,35)(H4,23,24,25,28,29)/t15-/m0/s1. The van der Waals surface area contributed by atoms with Crippen molar-refractivity contribution in [2.45, 2.75) is 25.4 Å². The van der Waals surface area contributed by atoms with Crippen LogP contribution in [0.15, 0.2) is 30.5 Å². The molecule has 2 aromatic heterocycles. The number of carboxylic acid groups (broad SMARTS) is 2. The predicted octanol–water partition coefficient (Wildman–Crippen LogP) is 0.272. The molecule has 3 rings (SSSR count). The number of hydrogen-bond donors (Lipinski definition) is 5. The minimum absolute atomic E-state index is 0.00769. The summed E-state index contributed by atoms with van der Waals surface area (Å²) >= 11 is 0. The van der Waals surface area contributed by atoms with E-state index >= 15 is 0 Å². The topological polar surface area (TPSA) is 211 Å². The predicted molar refractivity (Wildman–Crippen MR) is 126 cm³/mol. The lowest BCUT2D eigenvalue weighted by Gasteiger charge is -2.22. The lowest BCUT2D eigenvalue weighted by molar-refractivity contribution is -0.140. The molecule has 0 fully saturated rings. The highest BCUT2D eigenvalue weighted by Crippen LogP contribution is 2.20. The molecule has 0 saturated carbocycles. The first-order valence-electron chi connectivity index (χ1n) is 10.3. The minimum atomic E-state index is -1.32. The van der Waals surface area contributed by atoms with Gasteiger partial charge in [0.05, 0.1) is 25.0 Å². The zero-order valence-corrected chi connectivity index (χ0v) is 18.4. The number of nitrogens with zero attached hydrogens (tertiary/aromatic N) is 5. The maximum atomic E-state index is 12.5. The van der Waals surface area contributed by atoms with Crippen molar-refractivity contribution in [3.63, 3.8) is 0 Å². The molecule has 3 aromatic rings. The maximum absolute atomic E-state index is 12.5. The molecule has 7 N–H and O–H groups in total. The van der Waals surface area contributed by atoms with E-state index in [4.69, 9.17) is 23.0 Å². The largest absolute Gasteiger partial charge is 0.481 e. The van der Waals surface area contributed by atoms with Gasteiger partial charge in [-0.25, -0.2) is 14.8 Å². The Kier molecular flexibility index (Phi) is 7.57. The Morgan fingerprint density at radius 3 is 2.46 bits per heavy atom. The molecule has 13 heteroatoms. The number of hydrogen-bond acceptors (Lipinski definition) is 10. The molecule has 0 saturated heterocycles. The Balaban J connectivity index is 1.76. The summed E-state index contributed by atoms with van der Waals surface area (Å²) in [6.45, 7) is 0.480. The van der Waals surface area contributed by atoms with E-state index < -0.39 is 23.9 Å². The van der Waals surface area contributed by atoms with Crippen LogP contribution in [0.2, 0.25) is 0 Å². The molecule has 0 unspecified atom stereocenters. The number of nitrogens with two attached hydrogens (primary N) is 2. The summed E-state index contributed by atoms with van der Waals surface area (Å²) in [5.74, 6) is -0.463. The second-order valence-corrected chi connectivity index (χ2v) is 7.40. The van der Waals surface area contributed by atoms with Crippen molar-refractivity contribution in [1.29, 1.82) is 0 Å². The van der Waals surface area contributed by atoms with Crippen LogP contribution in [0.3, 0.4) is 0 Å². The van der Waals surface area contributed by atoms with Crippen LogP contribution in [0.5, 0.6) is 0 Å². The number of carbonyl (C=O) groups excluding carboxylic acids is 1. The Labute approximate surface area is 199 Å². The van der Waals surface area contributed by atoms with Crippen molar-refractivity contribution in [3.8, 4) is 12.3 Å². The van der Waals surface area contributed by atoms with Gasteiger partial charge in [-0.15, -0.1) is 6.42 Å². The SMILES string of the molecule is C#CCN(Cc1cnc2nc(N)nc(N)c2n1)c1ccc(C(=O)N[C@@H](CCC(=O)O)C(=O)O)cc1. The number of terminal acetylenes is 1. The van der Waals surface area contributed by atoms with Gasteiger partial charge in [-0.1, -0.05) is 5.92 Å². The Hall–Kier alpha value is -4.99. The Morgan fingerprint density at radius 1 is 1.11 bits per heavy atom. The van der Waals surface area contributed by atoms with E-state index in [1.165, 1.54) is 18.3 Å². The number of aliphatic carboxylic acids is 2. The molecule has 0 aliphatic rings. The summed E-state index contributed by atoms with van der Waals surface area (Å²) in [5.41, 5.74) is 13.4. The average molecular weight is 478 g/mol. The number of benzene rings is 1. The number of nitrogen functional groups attached to an aromatic ring is 2. The summed E-state index contributed by atoms with van der Waals surface area (Å²) in [4.78, 5) is 52.9. The van der Waals surface area contributed by atoms with Crippen molar-refractivity contribution in [2.24, 2.45) is 0 Å². The summed E-state index contributed by atoms with van der Waals surface area (Å²) in [6.07, 6.45) is 6.41. The molecule has 1 amide bonds. The molecule has 2 heterocycles. The zero-order valence-electron chi connectivity index (χ0n) is 18.4. The van der Waals surface area contributed by atoms with E-state index in [2.05, 4.69) is 31.2 Å². The van der Waals surface area contributed by atoms with Gasteiger partial charge in [-0.2, -0.15) is 9.97 Å². The zero-order chi connectivity index (χ0) is 25.5. The summed E-state index contributed by atoms with van der Waals surface area (Å²) in [5, 5.41) is 20.3.